The van der Waals surface area contributed by atoms with Crippen molar-refractivity contribution < 1.29 is 30.0 Å². The zero-order valence-electron chi connectivity index (χ0n) is 11.1. The van der Waals surface area contributed by atoms with Gasteiger partial charge in [0.1, 0.15) is 0 Å². The van der Waals surface area contributed by atoms with Gasteiger partial charge in [0.15, 0.2) is 0 Å². The van der Waals surface area contributed by atoms with Gasteiger partial charge in [0, 0.05) is 12.6 Å². The molecule has 0 aliphatic rings. The molecule has 0 saturated carbocycles. The van der Waals surface area contributed by atoms with Crippen molar-refractivity contribution in [1.29, 1.82) is 0 Å². The summed E-state index contributed by atoms with van der Waals surface area (Å²) >= 11 is 0. The lowest BCUT2D eigenvalue weighted by molar-refractivity contribution is -0.159. The molecule has 0 saturated heterocycles. The highest BCUT2D eigenvalue weighted by molar-refractivity contribution is 6.27. The molecule has 5 N–H and O–H groups in total. The number of aliphatic hydroxyl groups is 2. The van der Waals surface area contributed by atoms with Crippen molar-refractivity contribution in [3.05, 3.63) is 35.9 Å². The minimum atomic E-state index is -1.82. The van der Waals surface area contributed by atoms with Gasteiger partial charge in [-0.05, 0) is 12.5 Å². The SMILES string of the molecule is CC(NCC(O)CO)c1ccccc1.O=C(O)C(=O)O. The first-order valence-electron chi connectivity index (χ1n) is 5.92. The third-order valence-corrected chi connectivity index (χ3v) is 2.35. The molecule has 0 amide bonds. The Bertz CT molecular complexity index is 397. The lowest BCUT2D eigenvalue weighted by Crippen LogP contribution is -2.31. The Hall–Kier alpha value is -1.96. The van der Waals surface area contributed by atoms with Gasteiger partial charge < -0.3 is 25.7 Å². The fraction of sp³-hybridized carbons (Fsp3) is 0.385. The van der Waals surface area contributed by atoms with E-state index in [1.807, 2.05) is 37.3 Å². The van der Waals surface area contributed by atoms with Crippen LogP contribution in [-0.2, 0) is 9.59 Å². The highest BCUT2D eigenvalue weighted by atomic mass is 16.4. The zero-order valence-corrected chi connectivity index (χ0v) is 11.1. The van der Waals surface area contributed by atoms with Gasteiger partial charge in [0.25, 0.3) is 0 Å². The molecule has 0 aromatic heterocycles. The number of hydrogen-bond donors (Lipinski definition) is 5. The van der Waals surface area contributed by atoms with Crippen LogP contribution in [0.15, 0.2) is 30.3 Å². The number of carboxylic acids is 2. The average Bonchev–Trinajstić information content (AvgIpc) is 2.45. The van der Waals surface area contributed by atoms with Crippen LogP contribution in [0.4, 0.5) is 0 Å². The van der Waals surface area contributed by atoms with E-state index in [4.69, 9.17) is 30.0 Å². The summed E-state index contributed by atoms with van der Waals surface area (Å²) in [6.07, 6.45) is -0.679. The number of rotatable bonds is 5. The van der Waals surface area contributed by atoms with Gasteiger partial charge in [-0.3, -0.25) is 0 Å². The van der Waals surface area contributed by atoms with Crippen LogP contribution in [0, 0.1) is 0 Å². The molecular weight excluding hydrogens is 266 g/mol. The first-order chi connectivity index (χ1) is 9.38. The summed E-state index contributed by atoms with van der Waals surface area (Å²) in [6.45, 7) is 2.24. The van der Waals surface area contributed by atoms with E-state index in [2.05, 4.69) is 5.32 Å². The van der Waals surface area contributed by atoms with E-state index in [9.17, 15) is 0 Å². The number of carboxylic acid groups (broad SMARTS) is 2. The molecule has 0 aliphatic carbocycles. The predicted octanol–water partition coefficient (Wildman–Crippen LogP) is -0.154. The van der Waals surface area contributed by atoms with E-state index in [0.29, 0.717) is 6.54 Å². The molecule has 1 aromatic carbocycles. The Morgan fingerprint density at radius 3 is 2.05 bits per heavy atom. The third kappa shape index (κ3) is 8.20. The summed E-state index contributed by atoms with van der Waals surface area (Å²) in [5.41, 5.74) is 1.18. The first kappa shape index (κ1) is 18.0. The minimum Gasteiger partial charge on any atom is -0.473 e. The molecule has 2 unspecified atom stereocenters. The van der Waals surface area contributed by atoms with Crippen LogP contribution in [0.25, 0.3) is 0 Å². The van der Waals surface area contributed by atoms with Gasteiger partial charge in [-0.25, -0.2) is 9.59 Å². The van der Waals surface area contributed by atoms with E-state index in [1.165, 1.54) is 5.56 Å². The smallest absolute Gasteiger partial charge is 0.414 e. The van der Waals surface area contributed by atoms with Crippen molar-refractivity contribution in [3.63, 3.8) is 0 Å². The third-order valence-electron chi connectivity index (χ3n) is 2.35. The largest absolute Gasteiger partial charge is 0.473 e. The molecule has 0 heterocycles. The van der Waals surface area contributed by atoms with Gasteiger partial charge in [-0.15, -0.1) is 0 Å². The number of nitrogens with one attached hydrogen (secondary N) is 1. The lowest BCUT2D eigenvalue weighted by Gasteiger charge is -2.16. The molecule has 0 bridgehead atoms. The Morgan fingerprint density at radius 2 is 1.65 bits per heavy atom. The van der Waals surface area contributed by atoms with Crippen LogP contribution in [-0.4, -0.2) is 51.6 Å². The predicted molar refractivity (Wildman–Crippen MR) is 71.2 cm³/mol. The van der Waals surface area contributed by atoms with Crippen molar-refractivity contribution in [2.45, 2.75) is 19.1 Å². The van der Waals surface area contributed by atoms with Gasteiger partial charge in [-0.2, -0.15) is 0 Å². The second-order valence-corrected chi connectivity index (χ2v) is 3.99. The second kappa shape index (κ2) is 9.90. The molecule has 7 heteroatoms. The van der Waals surface area contributed by atoms with Crippen LogP contribution in [0.2, 0.25) is 0 Å². The van der Waals surface area contributed by atoms with E-state index < -0.39 is 18.0 Å². The van der Waals surface area contributed by atoms with Gasteiger partial charge in [0.2, 0.25) is 0 Å². The van der Waals surface area contributed by atoms with E-state index in [0.717, 1.165) is 0 Å². The zero-order chi connectivity index (χ0) is 15.5. The van der Waals surface area contributed by atoms with Crippen LogP contribution >= 0.6 is 0 Å². The summed E-state index contributed by atoms with van der Waals surface area (Å²) in [7, 11) is 0. The maximum absolute atomic E-state index is 9.14. The topological polar surface area (TPSA) is 127 Å². The first-order valence-corrected chi connectivity index (χ1v) is 5.92. The summed E-state index contributed by atoms with van der Waals surface area (Å²) in [5.74, 6) is -3.65. The maximum Gasteiger partial charge on any atom is 0.414 e. The molecular formula is C13H19NO6. The fourth-order valence-corrected chi connectivity index (χ4v) is 1.24. The van der Waals surface area contributed by atoms with Gasteiger partial charge in [-0.1, -0.05) is 30.3 Å². The van der Waals surface area contributed by atoms with E-state index in [1.54, 1.807) is 0 Å². The maximum atomic E-state index is 9.14. The molecule has 0 radical (unpaired) electrons. The monoisotopic (exact) mass is 285 g/mol. The molecule has 0 spiro atoms. The highest BCUT2D eigenvalue weighted by Crippen LogP contribution is 2.10. The number of aliphatic hydroxyl groups excluding tert-OH is 2. The van der Waals surface area contributed by atoms with E-state index >= 15 is 0 Å². The normalized spacial score (nSPS) is 12.8. The van der Waals surface area contributed by atoms with Gasteiger partial charge >= 0.3 is 11.9 Å². The average molecular weight is 285 g/mol. The Balaban J connectivity index is 0.000000511. The molecule has 0 aliphatic heterocycles. The summed E-state index contributed by atoms with van der Waals surface area (Å²) in [5, 5.41) is 35.7. The molecule has 0 fully saturated rings. The number of aliphatic carboxylic acids is 2. The summed E-state index contributed by atoms with van der Waals surface area (Å²) in [6, 6.07) is 10.2. The van der Waals surface area contributed by atoms with Crippen molar-refractivity contribution in [2.75, 3.05) is 13.2 Å². The van der Waals surface area contributed by atoms with Crippen molar-refractivity contribution >= 4 is 11.9 Å². The van der Waals surface area contributed by atoms with Crippen LogP contribution < -0.4 is 5.32 Å². The lowest BCUT2D eigenvalue weighted by atomic mass is 10.1. The van der Waals surface area contributed by atoms with Gasteiger partial charge in [0.05, 0.1) is 12.7 Å². The highest BCUT2D eigenvalue weighted by Gasteiger charge is 2.06. The van der Waals surface area contributed by atoms with Crippen LogP contribution in [0.3, 0.4) is 0 Å². The minimum absolute atomic E-state index is 0.192. The molecule has 2 atom stereocenters. The molecule has 7 nitrogen and oxygen atoms in total. The Kier molecular flexibility index (Phi) is 8.93. The second-order valence-electron chi connectivity index (χ2n) is 3.99. The number of carbonyl (C=O) groups is 2. The van der Waals surface area contributed by atoms with Crippen molar-refractivity contribution in [1.82, 2.24) is 5.32 Å². The fourth-order valence-electron chi connectivity index (χ4n) is 1.24. The van der Waals surface area contributed by atoms with Crippen molar-refractivity contribution in [3.8, 4) is 0 Å². The Labute approximate surface area is 116 Å². The number of hydrogen-bond acceptors (Lipinski definition) is 5. The molecule has 112 valence electrons. The van der Waals surface area contributed by atoms with Crippen LogP contribution in [0.1, 0.15) is 18.5 Å². The molecule has 20 heavy (non-hydrogen) atoms. The summed E-state index contributed by atoms with van der Waals surface area (Å²) in [4.78, 5) is 18.2. The van der Waals surface area contributed by atoms with E-state index in [-0.39, 0.29) is 12.6 Å². The Morgan fingerprint density at radius 1 is 1.15 bits per heavy atom. The summed E-state index contributed by atoms with van der Waals surface area (Å²) < 4.78 is 0. The van der Waals surface area contributed by atoms with Crippen LogP contribution in [0.5, 0.6) is 0 Å². The van der Waals surface area contributed by atoms with Crippen molar-refractivity contribution in [2.24, 2.45) is 0 Å². The quantitative estimate of drug-likeness (QED) is 0.476. The molecule has 1 rings (SSSR count). The standard InChI is InChI=1S/C11H17NO2.C2H2O4/c1-9(12-7-11(14)8-13)10-5-3-2-4-6-10;3-1(4)2(5)6/h2-6,9,11-14H,7-8H2,1H3;(H,3,4)(H,5,6). The number of benzene rings is 1. The molecule has 1 aromatic rings.